The Morgan fingerprint density at radius 1 is 1.37 bits per heavy atom. The number of alkyl halides is 3. The number of hydrogen-bond donors (Lipinski definition) is 2. The zero-order valence-corrected chi connectivity index (χ0v) is 16.4. The van der Waals surface area contributed by atoms with E-state index in [-0.39, 0.29) is 17.7 Å². The van der Waals surface area contributed by atoms with Crippen molar-refractivity contribution in [3.05, 3.63) is 69.6 Å². The van der Waals surface area contributed by atoms with E-state index >= 15 is 0 Å². The van der Waals surface area contributed by atoms with Gasteiger partial charge in [0.2, 0.25) is 0 Å². The summed E-state index contributed by atoms with van der Waals surface area (Å²) in [5.74, 6) is 0.103. The number of halogens is 3. The molecule has 0 aliphatic rings. The predicted molar refractivity (Wildman–Crippen MR) is 99.4 cm³/mol. The van der Waals surface area contributed by atoms with Gasteiger partial charge < -0.3 is 14.8 Å². The third-order valence-corrected chi connectivity index (χ3v) is 4.59. The van der Waals surface area contributed by atoms with Gasteiger partial charge >= 0.3 is 6.18 Å². The molecule has 3 aromatic heterocycles. The van der Waals surface area contributed by atoms with Crippen molar-refractivity contribution in [3.63, 3.8) is 0 Å². The number of aromatic nitrogens is 3. The topological polar surface area (TPSA) is 108 Å². The number of rotatable bonds is 5. The van der Waals surface area contributed by atoms with E-state index in [2.05, 4.69) is 20.4 Å². The first-order valence-electron chi connectivity index (χ1n) is 8.98. The van der Waals surface area contributed by atoms with Gasteiger partial charge in [0, 0.05) is 24.4 Å². The van der Waals surface area contributed by atoms with Gasteiger partial charge in [-0.25, -0.2) is 0 Å². The second kappa shape index (κ2) is 8.02. The molecule has 1 atom stereocenters. The Bertz CT molecular complexity index is 1110. The Balaban J connectivity index is 1.82. The predicted octanol–water partition coefficient (Wildman–Crippen LogP) is 3.99. The number of nitrogens with zero attached hydrogens (tertiary/aromatic N) is 3. The molecule has 1 amide bonds. The molecule has 0 fully saturated rings. The van der Waals surface area contributed by atoms with Crippen LogP contribution in [0.4, 0.5) is 13.2 Å². The molecule has 0 spiro atoms. The first-order valence-corrected chi connectivity index (χ1v) is 8.98. The SMILES string of the molecule is Cc1cc(C(C)NC(=O)c2[nH]c(C)c(Cc3ccc(C(F)(F)F)nc3)c2C#N)no1. The molecule has 3 aromatic rings. The highest BCUT2D eigenvalue weighted by molar-refractivity contribution is 5.95. The number of aromatic amines is 1. The lowest BCUT2D eigenvalue weighted by Gasteiger charge is -2.10. The smallest absolute Gasteiger partial charge is 0.361 e. The molecule has 156 valence electrons. The molecule has 0 bridgehead atoms. The first-order chi connectivity index (χ1) is 14.1. The average Bonchev–Trinajstić information content (AvgIpc) is 3.25. The highest BCUT2D eigenvalue weighted by Gasteiger charge is 2.32. The zero-order valence-electron chi connectivity index (χ0n) is 16.4. The van der Waals surface area contributed by atoms with E-state index in [9.17, 15) is 23.2 Å². The van der Waals surface area contributed by atoms with Gasteiger partial charge in [0.05, 0.1) is 11.6 Å². The number of hydrogen-bond acceptors (Lipinski definition) is 5. The quantitative estimate of drug-likeness (QED) is 0.653. The van der Waals surface area contributed by atoms with E-state index in [0.29, 0.717) is 28.3 Å². The molecular weight excluding hydrogens is 399 g/mol. The molecule has 2 N–H and O–H groups in total. The number of carbonyl (C=O) groups is 1. The number of nitriles is 1. The Morgan fingerprint density at radius 3 is 2.63 bits per heavy atom. The molecule has 0 radical (unpaired) electrons. The van der Waals surface area contributed by atoms with Gasteiger partial charge in [-0.2, -0.15) is 18.4 Å². The maximum absolute atomic E-state index is 12.7. The summed E-state index contributed by atoms with van der Waals surface area (Å²) in [6.07, 6.45) is -3.25. The third kappa shape index (κ3) is 4.35. The molecule has 0 saturated carbocycles. The molecule has 7 nitrogen and oxygen atoms in total. The minimum Gasteiger partial charge on any atom is -0.361 e. The lowest BCUT2D eigenvalue weighted by Crippen LogP contribution is -2.27. The van der Waals surface area contributed by atoms with Gasteiger partial charge in [-0.3, -0.25) is 9.78 Å². The summed E-state index contributed by atoms with van der Waals surface area (Å²) < 4.78 is 43.1. The molecule has 3 rings (SSSR count). The fourth-order valence-electron chi connectivity index (χ4n) is 3.01. The highest BCUT2D eigenvalue weighted by Crippen LogP contribution is 2.28. The molecule has 10 heteroatoms. The third-order valence-electron chi connectivity index (χ3n) is 4.59. The van der Waals surface area contributed by atoms with Crippen molar-refractivity contribution in [2.24, 2.45) is 0 Å². The Hall–Kier alpha value is -3.61. The van der Waals surface area contributed by atoms with Crippen molar-refractivity contribution >= 4 is 5.91 Å². The van der Waals surface area contributed by atoms with Crippen LogP contribution in [0.1, 0.15) is 63.0 Å². The van der Waals surface area contributed by atoms with E-state index in [1.54, 1.807) is 26.8 Å². The minimum absolute atomic E-state index is 0.0805. The summed E-state index contributed by atoms with van der Waals surface area (Å²) in [5, 5.41) is 16.2. The molecule has 3 heterocycles. The van der Waals surface area contributed by atoms with Crippen LogP contribution in [0.5, 0.6) is 0 Å². The van der Waals surface area contributed by atoms with Crippen LogP contribution in [-0.2, 0) is 12.6 Å². The van der Waals surface area contributed by atoms with Crippen LogP contribution < -0.4 is 5.32 Å². The monoisotopic (exact) mass is 417 g/mol. The molecular formula is C20H18F3N5O2. The first kappa shape index (κ1) is 21.1. The average molecular weight is 417 g/mol. The Morgan fingerprint density at radius 2 is 2.10 bits per heavy atom. The van der Waals surface area contributed by atoms with Crippen LogP contribution in [0.2, 0.25) is 0 Å². The van der Waals surface area contributed by atoms with E-state index in [1.807, 2.05) is 6.07 Å². The van der Waals surface area contributed by atoms with Gasteiger partial charge in [0.1, 0.15) is 28.9 Å². The number of nitrogens with one attached hydrogen (secondary N) is 2. The molecule has 0 aliphatic carbocycles. The van der Waals surface area contributed by atoms with E-state index in [1.165, 1.54) is 6.07 Å². The van der Waals surface area contributed by atoms with Gasteiger partial charge in [0.15, 0.2) is 0 Å². The van der Waals surface area contributed by atoms with Gasteiger partial charge in [-0.1, -0.05) is 11.2 Å². The van der Waals surface area contributed by atoms with Crippen LogP contribution in [0.25, 0.3) is 0 Å². The van der Waals surface area contributed by atoms with Crippen LogP contribution in [0, 0.1) is 25.2 Å². The maximum atomic E-state index is 12.7. The molecule has 0 aromatic carbocycles. The highest BCUT2D eigenvalue weighted by atomic mass is 19.4. The van der Waals surface area contributed by atoms with Crippen molar-refractivity contribution in [3.8, 4) is 6.07 Å². The summed E-state index contributed by atoms with van der Waals surface area (Å²) >= 11 is 0. The summed E-state index contributed by atoms with van der Waals surface area (Å²) in [4.78, 5) is 19.0. The van der Waals surface area contributed by atoms with Crippen LogP contribution in [-0.4, -0.2) is 21.0 Å². The molecule has 0 saturated heterocycles. The fraction of sp³-hybridized carbons (Fsp3) is 0.300. The molecule has 0 aliphatic heterocycles. The lowest BCUT2D eigenvalue weighted by molar-refractivity contribution is -0.141. The van der Waals surface area contributed by atoms with Crippen molar-refractivity contribution < 1.29 is 22.5 Å². The summed E-state index contributed by atoms with van der Waals surface area (Å²) in [7, 11) is 0. The maximum Gasteiger partial charge on any atom is 0.433 e. The van der Waals surface area contributed by atoms with E-state index in [0.717, 1.165) is 12.3 Å². The Labute approximate surface area is 169 Å². The lowest BCUT2D eigenvalue weighted by atomic mass is 10.0. The zero-order chi connectivity index (χ0) is 22.1. The van der Waals surface area contributed by atoms with Crippen LogP contribution >= 0.6 is 0 Å². The number of pyridine rings is 1. The van der Waals surface area contributed by atoms with Crippen molar-refractivity contribution in [1.82, 2.24) is 20.4 Å². The van der Waals surface area contributed by atoms with E-state index < -0.39 is 23.8 Å². The molecule has 1 unspecified atom stereocenters. The van der Waals surface area contributed by atoms with Crippen LogP contribution in [0.3, 0.4) is 0 Å². The number of aryl methyl sites for hydroxylation is 2. The van der Waals surface area contributed by atoms with E-state index in [4.69, 9.17) is 4.52 Å². The molecule has 30 heavy (non-hydrogen) atoms. The standard InChI is InChI=1S/C20H18F3N5O2/c1-10-6-16(28-30-10)12(3)27-19(29)18-15(8-24)14(11(2)26-18)7-13-4-5-17(25-9-13)20(21,22)23/h4-6,9,12,26H,7H2,1-3H3,(H,27,29). The summed E-state index contributed by atoms with van der Waals surface area (Å²) in [5.41, 5.74) is 1.34. The largest absolute Gasteiger partial charge is 0.433 e. The van der Waals surface area contributed by atoms with Gasteiger partial charge in [-0.15, -0.1) is 0 Å². The fourth-order valence-corrected chi connectivity index (χ4v) is 3.01. The second-order valence-electron chi connectivity index (χ2n) is 6.87. The number of amides is 1. The number of H-pyrrole nitrogens is 1. The van der Waals surface area contributed by atoms with Crippen molar-refractivity contribution in [2.75, 3.05) is 0 Å². The van der Waals surface area contributed by atoms with Crippen molar-refractivity contribution in [2.45, 2.75) is 39.4 Å². The normalized spacial score (nSPS) is 12.4. The van der Waals surface area contributed by atoms with Crippen LogP contribution in [0.15, 0.2) is 28.9 Å². The second-order valence-corrected chi connectivity index (χ2v) is 6.87. The minimum atomic E-state index is -4.52. The Kier molecular flexibility index (Phi) is 5.64. The van der Waals surface area contributed by atoms with Gasteiger partial charge in [0.25, 0.3) is 5.91 Å². The summed E-state index contributed by atoms with van der Waals surface area (Å²) in [6.45, 7) is 5.15. The summed E-state index contributed by atoms with van der Waals surface area (Å²) in [6, 6.07) is 5.45. The number of carbonyl (C=O) groups excluding carboxylic acids is 1. The van der Waals surface area contributed by atoms with Gasteiger partial charge in [-0.05, 0) is 38.0 Å². The van der Waals surface area contributed by atoms with Crippen molar-refractivity contribution in [1.29, 1.82) is 5.26 Å².